The Kier molecular flexibility index (Phi) is 4.18. The SMILES string of the molecule is C=C1C(=O)C[C@H]2C[C@H]3O[C@]3(C)CC[C@H]3O[C@]3(C)C[C@@H](OC(C)=O)[C@H]1C2(C)C. The monoisotopic (exact) mass is 376 g/mol. The smallest absolute Gasteiger partial charge is 0.302 e. The third kappa shape index (κ3) is 3.17. The standard InChI is InChI=1S/C22H32O5/c1-12-15(24)9-14-10-18-21(5,27-18)8-7-17-22(6,26-17)11-16(25-13(2)23)19(12)20(14,3)4/h14,16-19H,1,7-11H2,2-6H3/t14-,16+,17+,18+,19-,21+,22+/m0/s1. The van der Waals surface area contributed by atoms with Crippen molar-refractivity contribution in [1.29, 1.82) is 0 Å². The van der Waals surface area contributed by atoms with Gasteiger partial charge in [-0.2, -0.15) is 0 Å². The Morgan fingerprint density at radius 1 is 1.15 bits per heavy atom. The highest BCUT2D eigenvalue weighted by Gasteiger charge is 2.62. The fourth-order valence-corrected chi connectivity index (χ4v) is 5.74. The van der Waals surface area contributed by atoms with E-state index in [1.807, 2.05) is 0 Å². The molecule has 5 nitrogen and oxygen atoms in total. The Morgan fingerprint density at radius 3 is 2.48 bits per heavy atom. The lowest BCUT2D eigenvalue weighted by molar-refractivity contribution is -0.155. The number of Topliss-reactive ketones (excluding diaryl/α,β-unsaturated/α-hetero) is 1. The van der Waals surface area contributed by atoms with E-state index in [0.717, 1.165) is 19.3 Å². The van der Waals surface area contributed by atoms with Gasteiger partial charge in [0.2, 0.25) is 0 Å². The van der Waals surface area contributed by atoms with E-state index in [4.69, 9.17) is 14.2 Å². The molecule has 150 valence electrons. The molecule has 0 aromatic heterocycles. The summed E-state index contributed by atoms with van der Waals surface area (Å²) in [5, 5.41) is 0. The van der Waals surface area contributed by atoms with Crippen LogP contribution in [0.2, 0.25) is 0 Å². The van der Waals surface area contributed by atoms with Gasteiger partial charge in [-0.15, -0.1) is 0 Å². The summed E-state index contributed by atoms with van der Waals surface area (Å²) in [6.07, 6.45) is 3.85. The first-order valence-electron chi connectivity index (χ1n) is 10.2. The Balaban J connectivity index is 1.72. The van der Waals surface area contributed by atoms with E-state index in [1.165, 1.54) is 6.92 Å². The molecule has 27 heavy (non-hydrogen) atoms. The number of esters is 1. The normalized spacial score (nSPS) is 48.4. The molecule has 2 aliphatic heterocycles. The molecule has 4 fully saturated rings. The van der Waals surface area contributed by atoms with E-state index in [2.05, 4.69) is 34.3 Å². The lowest BCUT2D eigenvalue weighted by atomic mass is 9.56. The molecular formula is C22H32O5. The molecule has 2 saturated heterocycles. The summed E-state index contributed by atoms with van der Waals surface area (Å²) in [4.78, 5) is 24.7. The fourth-order valence-electron chi connectivity index (χ4n) is 5.74. The van der Waals surface area contributed by atoms with E-state index in [-0.39, 0.29) is 52.4 Å². The summed E-state index contributed by atoms with van der Waals surface area (Å²) in [7, 11) is 0. The van der Waals surface area contributed by atoms with E-state index in [9.17, 15) is 9.59 Å². The van der Waals surface area contributed by atoms with Gasteiger partial charge >= 0.3 is 5.97 Å². The second kappa shape index (κ2) is 5.90. The maximum Gasteiger partial charge on any atom is 0.302 e. The van der Waals surface area contributed by atoms with Crippen LogP contribution in [0, 0.1) is 17.3 Å². The molecule has 2 bridgehead atoms. The van der Waals surface area contributed by atoms with Crippen LogP contribution in [0.25, 0.3) is 0 Å². The summed E-state index contributed by atoms with van der Waals surface area (Å²) in [5.41, 5.74) is -0.0192. The average molecular weight is 376 g/mol. The lowest BCUT2D eigenvalue weighted by Crippen LogP contribution is -2.49. The lowest BCUT2D eigenvalue weighted by Gasteiger charge is -2.48. The molecule has 7 atom stereocenters. The van der Waals surface area contributed by atoms with Crippen molar-refractivity contribution in [3.8, 4) is 0 Å². The van der Waals surface area contributed by atoms with Gasteiger partial charge in [0.15, 0.2) is 5.78 Å². The van der Waals surface area contributed by atoms with Crippen LogP contribution < -0.4 is 0 Å². The van der Waals surface area contributed by atoms with Crippen molar-refractivity contribution >= 4 is 11.8 Å². The third-order valence-corrected chi connectivity index (χ3v) is 7.79. The number of rotatable bonds is 1. The van der Waals surface area contributed by atoms with Crippen LogP contribution in [0.3, 0.4) is 0 Å². The largest absolute Gasteiger partial charge is 0.462 e. The highest BCUT2D eigenvalue weighted by atomic mass is 16.6. The number of carbonyl (C=O) groups excluding carboxylic acids is 2. The van der Waals surface area contributed by atoms with Gasteiger partial charge in [0, 0.05) is 25.7 Å². The van der Waals surface area contributed by atoms with Crippen LogP contribution in [0.1, 0.15) is 66.7 Å². The Bertz CT molecular complexity index is 697. The molecule has 0 aromatic rings. The van der Waals surface area contributed by atoms with Crippen molar-refractivity contribution in [2.75, 3.05) is 0 Å². The van der Waals surface area contributed by atoms with E-state index in [0.29, 0.717) is 18.4 Å². The molecule has 2 aliphatic carbocycles. The molecule has 0 unspecified atom stereocenters. The Morgan fingerprint density at radius 2 is 1.81 bits per heavy atom. The van der Waals surface area contributed by atoms with Crippen LogP contribution in [0.4, 0.5) is 0 Å². The highest BCUT2D eigenvalue weighted by molar-refractivity contribution is 5.96. The minimum absolute atomic E-state index is 0.0928. The van der Waals surface area contributed by atoms with Gasteiger partial charge in [0.25, 0.3) is 0 Å². The number of hydrogen-bond donors (Lipinski definition) is 0. The Labute approximate surface area is 161 Å². The van der Waals surface area contributed by atoms with Crippen molar-refractivity contribution in [1.82, 2.24) is 0 Å². The molecule has 2 heterocycles. The van der Waals surface area contributed by atoms with Gasteiger partial charge in [-0.3, -0.25) is 9.59 Å². The summed E-state index contributed by atoms with van der Waals surface area (Å²) < 4.78 is 17.9. The van der Waals surface area contributed by atoms with E-state index < -0.39 is 6.10 Å². The average Bonchev–Trinajstić information content (AvgIpc) is 3.38. The predicted octanol–water partition coefficient (Wildman–Crippen LogP) is 3.59. The van der Waals surface area contributed by atoms with Gasteiger partial charge in [-0.25, -0.2) is 0 Å². The number of carbonyl (C=O) groups is 2. The van der Waals surface area contributed by atoms with Gasteiger partial charge < -0.3 is 14.2 Å². The van der Waals surface area contributed by atoms with Crippen LogP contribution in [-0.4, -0.2) is 41.3 Å². The number of ether oxygens (including phenoxy) is 3. The summed E-state index contributed by atoms with van der Waals surface area (Å²) >= 11 is 0. The van der Waals surface area contributed by atoms with Gasteiger partial charge in [0.05, 0.1) is 23.4 Å². The van der Waals surface area contributed by atoms with Crippen LogP contribution >= 0.6 is 0 Å². The topological polar surface area (TPSA) is 68.4 Å². The molecule has 4 aliphatic rings. The highest BCUT2D eigenvalue weighted by Crippen LogP contribution is 2.57. The zero-order chi connectivity index (χ0) is 19.8. The van der Waals surface area contributed by atoms with Crippen LogP contribution in [0.15, 0.2) is 12.2 Å². The van der Waals surface area contributed by atoms with Crippen molar-refractivity contribution in [2.45, 2.75) is 96.2 Å². The summed E-state index contributed by atoms with van der Waals surface area (Å²) in [6.45, 7) is 14.2. The number of ketones is 1. The van der Waals surface area contributed by atoms with Crippen LogP contribution in [-0.2, 0) is 23.8 Å². The van der Waals surface area contributed by atoms with Crippen molar-refractivity contribution in [3.63, 3.8) is 0 Å². The van der Waals surface area contributed by atoms with Crippen LogP contribution in [0.5, 0.6) is 0 Å². The maximum atomic E-state index is 12.8. The van der Waals surface area contributed by atoms with Crippen molar-refractivity contribution in [2.24, 2.45) is 17.3 Å². The van der Waals surface area contributed by atoms with E-state index >= 15 is 0 Å². The van der Waals surface area contributed by atoms with Crippen molar-refractivity contribution < 1.29 is 23.8 Å². The second-order valence-electron chi connectivity index (χ2n) is 10.1. The molecule has 2 saturated carbocycles. The number of fused-ring (bicyclic) bond motifs is 4. The first-order valence-corrected chi connectivity index (χ1v) is 10.2. The zero-order valence-corrected chi connectivity index (χ0v) is 17.2. The molecule has 0 aromatic carbocycles. The van der Waals surface area contributed by atoms with Gasteiger partial charge in [-0.1, -0.05) is 20.4 Å². The zero-order valence-electron chi connectivity index (χ0n) is 17.2. The fraction of sp³-hybridized carbons (Fsp3) is 0.818. The van der Waals surface area contributed by atoms with E-state index in [1.54, 1.807) is 0 Å². The minimum atomic E-state index is -0.391. The Hall–Kier alpha value is -1.20. The molecule has 0 radical (unpaired) electrons. The minimum Gasteiger partial charge on any atom is -0.462 e. The predicted molar refractivity (Wildman–Crippen MR) is 100 cm³/mol. The molecular weight excluding hydrogens is 344 g/mol. The molecule has 0 amide bonds. The summed E-state index contributed by atoms with van der Waals surface area (Å²) in [5.74, 6) is -0.226. The number of epoxide rings is 2. The van der Waals surface area contributed by atoms with Gasteiger partial charge in [0.1, 0.15) is 6.10 Å². The number of hydrogen-bond acceptors (Lipinski definition) is 5. The third-order valence-electron chi connectivity index (χ3n) is 7.79. The second-order valence-corrected chi connectivity index (χ2v) is 10.1. The molecule has 0 spiro atoms. The van der Waals surface area contributed by atoms with Gasteiger partial charge in [-0.05, 0) is 50.0 Å². The molecule has 4 rings (SSSR count). The first-order chi connectivity index (χ1) is 12.5. The quantitative estimate of drug-likeness (QED) is 0.397. The first kappa shape index (κ1) is 19.1. The van der Waals surface area contributed by atoms with Crippen molar-refractivity contribution in [3.05, 3.63) is 12.2 Å². The maximum absolute atomic E-state index is 12.8. The summed E-state index contributed by atoms with van der Waals surface area (Å²) in [6, 6.07) is 0. The molecule has 5 heteroatoms. The molecule has 0 N–H and O–H groups in total.